The Balaban J connectivity index is 1.39. The lowest BCUT2D eigenvalue weighted by Gasteiger charge is -2.58. The van der Waals surface area contributed by atoms with Gasteiger partial charge in [0.15, 0.2) is 12.1 Å². The van der Waals surface area contributed by atoms with Crippen molar-refractivity contribution in [3.8, 4) is 0 Å². The molecule has 0 bridgehead atoms. The van der Waals surface area contributed by atoms with Gasteiger partial charge >= 0.3 is 5.97 Å². The van der Waals surface area contributed by atoms with E-state index in [2.05, 4.69) is 0 Å². The van der Waals surface area contributed by atoms with Crippen molar-refractivity contribution >= 4 is 11.8 Å². The van der Waals surface area contributed by atoms with Crippen LogP contribution in [-0.4, -0.2) is 98.7 Å². The highest BCUT2D eigenvalue weighted by atomic mass is 16.8. The first kappa shape index (κ1) is 23.8. The van der Waals surface area contributed by atoms with E-state index in [0.717, 1.165) is 0 Å². The summed E-state index contributed by atoms with van der Waals surface area (Å²) >= 11 is 0. The monoisotopic (exact) mass is 480 g/mol. The molecule has 5 rings (SSSR count). The fourth-order valence-electron chi connectivity index (χ4n) is 6.01. The molecule has 11 heteroatoms. The Morgan fingerprint density at radius 1 is 1.15 bits per heavy atom. The standard InChI is InChI=1S/C23H28O11/c1-21(34-20-18(28)17(27)16(26)14(9-24)32-20)23(30)8-12-13(25)7-15(33-21)22(12,23)10-31-19(29)11-5-3-2-4-6-11/h2-6,12,14-18,20,24,26-28,30H,7-10H2,1H3/t12?,14-,15?,16-,17+,18-,20+,21?,22?,23?/m1/s1. The van der Waals surface area contributed by atoms with Gasteiger partial charge in [-0.25, -0.2) is 4.79 Å². The van der Waals surface area contributed by atoms with Gasteiger partial charge in [-0.15, -0.1) is 0 Å². The molecule has 2 heterocycles. The van der Waals surface area contributed by atoms with Crippen LogP contribution in [0.1, 0.15) is 30.1 Å². The van der Waals surface area contributed by atoms with Gasteiger partial charge in [0.05, 0.1) is 23.7 Å². The highest BCUT2D eigenvalue weighted by Crippen LogP contribution is 2.72. The van der Waals surface area contributed by atoms with Crippen LogP contribution in [0.4, 0.5) is 0 Å². The number of carbonyl (C=O) groups excluding carboxylic acids is 2. The van der Waals surface area contributed by atoms with Crippen molar-refractivity contribution in [1.82, 2.24) is 0 Å². The van der Waals surface area contributed by atoms with E-state index >= 15 is 0 Å². The molecule has 0 radical (unpaired) electrons. The number of esters is 1. The highest BCUT2D eigenvalue weighted by molar-refractivity contribution is 5.90. The number of benzene rings is 1. The summed E-state index contributed by atoms with van der Waals surface area (Å²) in [5.41, 5.74) is -2.71. The molecule has 2 aliphatic carbocycles. The molecule has 1 aromatic rings. The fourth-order valence-corrected chi connectivity index (χ4v) is 6.01. The molecule has 1 aromatic carbocycles. The second kappa shape index (κ2) is 8.04. The van der Waals surface area contributed by atoms with Crippen molar-refractivity contribution < 1.29 is 54.1 Å². The van der Waals surface area contributed by atoms with Gasteiger partial charge in [0, 0.05) is 12.3 Å². The van der Waals surface area contributed by atoms with Crippen molar-refractivity contribution in [2.24, 2.45) is 11.3 Å². The minimum Gasteiger partial charge on any atom is -0.461 e. The van der Waals surface area contributed by atoms with Crippen LogP contribution < -0.4 is 0 Å². The van der Waals surface area contributed by atoms with E-state index in [1.165, 1.54) is 6.92 Å². The van der Waals surface area contributed by atoms with Gasteiger partial charge in [-0.3, -0.25) is 4.79 Å². The first-order valence-corrected chi connectivity index (χ1v) is 11.2. The van der Waals surface area contributed by atoms with Crippen molar-refractivity contribution in [1.29, 1.82) is 0 Å². The molecule has 2 saturated carbocycles. The summed E-state index contributed by atoms with van der Waals surface area (Å²) in [5, 5.41) is 51.7. The van der Waals surface area contributed by atoms with Crippen LogP contribution in [0.3, 0.4) is 0 Å². The molecule has 2 aliphatic heterocycles. The summed E-state index contributed by atoms with van der Waals surface area (Å²) in [6.07, 6.45) is -8.56. The normalized spacial score (nSPS) is 47.2. The Morgan fingerprint density at radius 3 is 2.53 bits per heavy atom. The third-order valence-electron chi connectivity index (χ3n) is 8.00. The molecule has 5 N–H and O–H groups in total. The zero-order valence-corrected chi connectivity index (χ0v) is 18.4. The maximum absolute atomic E-state index is 12.6. The summed E-state index contributed by atoms with van der Waals surface area (Å²) in [6, 6.07) is 8.30. The Bertz CT molecular complexity index is 969. The van der Waals surface area contributed by atoms with Gasteiger partial charge in [0.25, 0.3) is 0 Å². The van der Waals surface area contributed by atoms with E-state index in [9.17, 15) is 35.1 Å². The number of ketones is 1. The Morgan fingerprint density at radius 2 is 1.85 bits per heavy atom. The first-order valence-electron chi connectivity index (χ1n) is 11.2. The van der Waals surface area contributed by atoms with Gasteiger partial charge in [0.1, 0.15) is 42.4 Å². The molecule has 2 saturated heterocycles. The third kappa shape index (κ3) is 3.06. The lowest BCUT2D eigenvalue weighted by Crippen LogP contribution is -2.73. The molecular formula is C23H28O11. The number of Topliss-reactive ketones (excluding diaryl/α,β-unsaturated/α-hetero) is 1. The van der Waals surface area contributed by atoms with Gasteiger partial charge in [0.2, 0.25) is 0 Å². The zero-order valence-electron chi connectivity index (χ0n) is 18.4. The van der Waals surface area contributed by atoms with Crippen LogP contribution in [0.25, 0.3) is 0 Å². The Labute approximate surface area is 194 Å². The molecule has 0 aromatic heterocycles. The predicted octanol–water partition coefficient (Wildman–Crippen LogP) is -1.51. The summed E-state index contributed by atoms with van der Waals surface area (Å²) in [4.78, 5) is 25.1. The molecule has 5 unspecified atom stereocenters. The smallest absolute Gasteiger partial charge is 0.338 e. The zero-order chi connectivity index (χ0) is 24.5. The van der Waals surface area contributed by atoms with E-state index in [1.807, 2.05) is 0 Å². The van der Waals surface area contributed by atoms with Gasteiger partial charge in [-0.05, 0) is 25.5 Å². The predicted molar refractivity (Wildman–Crippen MR) is 110 cm³/mol. The number of hydrogen-bond acceptors (Lipinski definition) is 11. The number of aliphatic hydroxyl groups excluding tert-OH is 4. The second-order valence-electron chi connectivity index (χ2n) is 9.64. The molecule has 0 spiro atoms. The number of hydrogen-bond donors (Lipinski definition) is 5. The van der Waals surface area contributed by atoms with Crippen molar-refractivity contribution in [3.63, 3.8) is 0 Å². The Hall–Kier alpha value is -1.96. The molecule has 4 fully saturated rings. The third-order valence-corrected chi connectivity index (χ3v) is 8.00. The van der Waals surface area contributed by atoms with Crippen LogP contribution in [0.5, 0.6) is 0 Å². The van der Waals surface area contributed by atoms with Crippen LogP contribution in [0, 0.1) is 11.3 Å². The minimum atomic E-state index is -1.80. The number of ether oxygens (including phenoxy) is 4. The van der Waals surface area contributed by atoms with E-state index < -0.39 is 72.1 Å². The second-order valence-corrected chi connectivity index (χ2v) is 9.64. The van der Waals surface area contributed by atoms with Gasteiger partial charge < -0.3 is 44.5 Å². The fraction of sp³-hybridized carbons (Fsp3) is 0.652. The average Bonchev–Trinajstić information content (AvgIpc) is 3.10. The van der Waals surface area contributed by atoms with Gasteiger partial charge in [-0.2, -0.15) is 0 Å². The van der Waals surface area contributed by atoms with Crippen LogP contribution in [-0.2, 0) is 23.7 Å². The number of aliphatic hydroxyl groups is 5. The van der Waals surface area contributed by atoms with Crippen LogP contribution in [0.2, 0.25) is 0 Å². The largest absolute Gasteiger partial charge is 0.461 e. The summed E-state index contributed by atoms with van der Waals surface area (Å²) in [6.45, 7) is 0.491. The number of rotatable bonds is 6. The quantitative estimate of drug-likeness (QED) is 0.300. The van der Waals surface area contributed by atoms with E-state index in [0.29, 0.717) is 5.56 Å². The molecule has 186 valence electrons. The van der Waals surface area contributed by atoms with Crippen LogP contribution in [0.15, 0.2) is 30.3 Å². The topological polar surface area (TPSA) is 172 Å². The maximum atomic E-state index is 12.6. The molecular weight excluding hydrogens is 452 g/mol. The molecule has 34 heavy (non-hydrogen) atoms. The van der Waals surface area contributed by atoms with E-state index in [1.54, 1.807) is 30.3 Å². The highest BCUT2D eigenvalue weighted by Gasteiger charge is 2.86. The molecule has 11 nitrogen and oxygen atoms in total. The summed E-state index contributed by atoms with van der Waals surface area (Å²) < 4.78 is 22.9. The minimum absolute atomic E-state index is 0.0104. The average molecular weight is 480 g/mol. The van der Waals surface area contributed by atoms with Crippen molar-refractivity contribution in [3.05, 3.63) is 35.9 Å². The van der Waals surface area contributed by atoms with Crippen molar-refractivity contribution in [2.45, 2.75) is 68.0 Å². The molecule has 0 amide bonds. The summed E-state index contributed by atoms with van der Waals surface area (Å²) in [5.74, 6) is -3.13. The maximum Gasteiger partial charge on any atom is 0.338 e. The SMILES string of the molecule is CC1(O[C@@H]2O[C@H](CO)[C@@H](O)[C@H](O)[C@H]2O)OC2CC(=O)C3CC1(O)C23COC(=O)c1ccccc1. The first-order chi connectivity index (χ1) is 16.1. The summed E-state index contributed by atoms with van der Waals surface area (Å²) in [7, 11) is 0. The van der Waals surface area contributed by atoms with Crippen molar-refractivity contribution in [2.75, 3.05) is 13.2 Å². The van der Waals surface area contributed by atoms with E-state index in [4.69, 9.17) is 18.9 Å². The molecule has 4 aliphatic rings. The lowest BCUT2D eigenvalue weighted by molar-refractivity contribution is -0.397. The van der Waals surface area contributed by atoms with E-state index in [-0.39, 0.29) is 25.2 Å². The lowest BCUT2D eigenvalue weighted by atomic mass is 9.49. The Kier molecular flexibility index (Phi) is 5.62. The van der Waals surface area contributed by atoms with Gasteiger partial charge in [-0.1, -0.05) is 18.2 Å². The number of carbonyl (C=O) groups is 2. The molecule has 10 atom stereocenters. The van der Waals surface area contributed by atoms with Crippen LogP contribution >= 0.6 is 0 Å².